The molecular formula is C24H25NO7. The summed E-state index contributed by atoms with van der Waals surface area (Å²) in [4.78, 5) is 26.6. The van der Waals surface area contributed by atoms with Gasteiger partial charge in [0.1, 0.15) is 0 Å². The molecule has 2 fully saturated rings. The zero-order valence-electron chi connectivity index (χ0n) is 18.5. The second-order valence-electron chi connectivity index (χ2n) is 7.59. The van der Waals surface area contributed by atoms with Crippen LogP contribution in [0, 0.1) is 5.92 Å². The van der Waals surface area contributed by atoms with E-state index in [4.69, 9.17) is 23.7 Å². The smallest absolute Gasteiger partial charge is 0.314 e. The Morgan fingerprint density at radius 3 is 2.06 bits per heavy atom. The number of amides is 1. The van der Waals surface area contributed by atoms with Gasteiger partial charge >= 0.3 is 5.97 Å². The van der Waals surface area contributed by atoms with E-state index in [-0.39, 0.29) is 17.8 Å². The van der Waals surface area contributed by atoms with Gasteiger partial charge in [0.15, 0.2) is 23.0 Å². The van der Waals surface area contributed by atoms with Crippen molar-refractivity contribution in [3.05, 3.63) is 48.0 Å². The topological polar surface area (TPSA) is 83.5 Å². The largest absolute Gasteiger partial charge is 0.493 e. The predicted octanol–water partition coefficient (Wildman–Crippen LogP) is 3.68. The first-order valence-electron chi connectivity index (χ1n) is 10.2. The lowest BCUT2D eigenvalue weighted by atomic mass is 9.88. The van der Waals surface area contributed by atoms with Gasteiger partial charge in [0.05, 0.1) is 46.1 Å². The summed E-state index contributed by atoms with van der Waals surface area (Å²) < 4.78 is 27.1. The molecule has 1 heterocycles. The van der Waals surface area contributed by atoms with Crippen molar-refractivity contribution in [2.75, 3.05) is 33.3 Å². The van der Waals surface area contributed by atoms with Gasteiger partial charge in [-0.1, -0.05) is 12.6 Å². The van der Waals surface area contributed by atoms with Crippen molar-refractivity contribution in [2.24, 2.45) is 5.92 Å². The summed E-state index contributed by atoms with van der Waals surface area (Å²) in [5.41, 5.74) is 1.72. The van der Waals surface area contributed by atoms with E-state index >= 15 is 0 Å². The number of methoxy groups -OCH3 is 4. The molecule has 0 N–H and O–H groups in total. The van der Waals surface area contributed by atoms with Crippen molar-refractivity contribution in [3.8, 4) is 28.7 Å². The summed E-state index contributed by atoms with van der Waals surface area (Å²) in [5, 5.41) is 0. The molecule has 1 aliphatic carbocycles. The van der Waals surface area contributed by atoms with Crippen LogP contribution in [0.3, 0.4) is 0 Å². The van der Waals surface area contributed by atoms with Crippen molar-refractivity contribution < 1.29 is 33.3 Å². The van der Waals surface area contributed by atoms with Gasteiger partial charge in [-0.3, -0.25) is 14.5 Å². The van der Waals surface area contributed by atoms with Crippen LogP contribution in [0.15, 0.2) is 42.5 Å². The highest BCUT2D eigenvalue weighted by Crippen LogP contribution is 2.48. The number of rotatable bonds is 8. The van der Waals surface area contributed by atoms with E-state index in [1.807, 2.05) is 6.07 Å². The Morgan fingerprint density at radius 2 is 1.53 bits per heavy atom. The summed E-state index contributed by atoms with van der Waals surface area (Å²) in [7, 11) is 6.05. The van der Waals surface area contributed by atoms with Crippen LogP contribution < -0.4 is 28.6 Å². The van der Waals surface area contributed by atoms with Gasteiger partial charge in [-0.2, -0.15) is 0 Å². The second-order valence-corrected chi connectivity index (χ2v) is 7.59. The van der Waals surface area contributed by atoms with Crippen LogP contribution in [0.25, 0.3) is 0 Å². The molecule has 168 valence electrons. The fraction of sp³-hybridized carbons (Fsp3) is 0.333. The quantitative estimate of drug-likeness (QED) is 0.269. The molecule has 2 aromatic rings. The van der Waals surface area contributed by atoms with E-state index in [0.29, 0.717) is 40.0 Å². The first-order chi connectivity index (χ1) is 15.4. The number of esters is 1. The maximum Gasteiger partial charge on any atom is 0.314 e. The lowest BCUT2D eigenvalue weighted by molar-refractivity contribution is -0.135. The SMILES string of the molecule is C=C1C(=O)N(c2cc(OC)c(OC)c(OC)c2)C1c1ccc(OC)c(OC(=O)C2CC2)c1. The summed E-state index contributed by atoms with van der Waals surface area (Å²) in [6, 6.07) is 8.21. The Bertz CT molecular complexity index is 1060. The van der Waals surface area contributed by atoms with Crippen molar-refractivity contribution in [1.29, 1.82) is 0 Å². The van der Waals surface area contributed by atoms with Crippen LogP contribution in [-0.2, 0) is 9.59 Å². The standard InChI is InChI=1S/C24H25NO7/c1-13-21(15-8-9-17(28-2)18(10-15)32-24(27)14-6-7-14)25(23(13)26)16-11-19(29-3)22(31-5)20(12-16)30-4/h8-12,14,21H,1,6-7H2,2-5H3. The number of anilines is 1. The molecule has 1 aliphatic heterocycles. The Hall–Kier alpha value is -3.68. The molecular weight excluding hydrogens is 414 g/mol. The summed E-state index contributed by atoms with van der Waals surface area (Å²) in [6.07, 6.45) is 1.67. The predicted molar refractivity (Wildman–Crippen MR) is 117 cm³/mol. The average Bonchev–Trinajstić information content (AvgIpc) is 3.66. The van der Waals surface area contributed by atoms with Gasteiger partial charge in [-0.15, -0.1) is 0 Å². The van der Waals surface area contributed by atoms with Crippen molar-refractivity contribution in [1.82, 2.24) is 0 Å². The lowest BCUT2D eigenvalue weighted by Crippen LogP contribution is -2.48. The van der Waals surface area contributed by atoms with Gasteiger partial charge in [0, 0.05) is 17.7 Å². The van der Waals surface area contributed by atoms with Crippen LogP contribution in [0.5, 0.6) is 28.7 Å². The number of ether oxygens (including phenoxy) is 5. The number of nitrogens with zero attached hydrogens (tertiary/aromatic N) is 1. The first kappa shape index (κ1) is 21.5. The minimum atomic E-state index is -0.449. The fourth-order valence-electron chi connectivity index (χ4n) is 3.76. The third-order valence-corrected chi connectivity index (χ3v) is 5.63. The normalized spacial score (nSPS) is 17.5. The highest BCUT2D eigenvalue weighted by atomic mass is 16.6. The van der Waals surface area contributed by atoms with Gasteiger partial charge in [0.2, 0.25) is 5.75 Å². The Morgan fingerprint density at radius 1 is 0.906 bits per heavy atom. The monoisotopic (exact) mass is 439 g/mol. The molecule has 32 heavy (non-hydrogen) atoms. The summed E-state index contributed by atoms with van der Waals surface area (Å²) in [6.45, 7) is 3.95. The van der Waals surface area contributed by atoms with Crippen LogP contribution >= 0.6 is 0 Å². The Balaban J connectivity index is 1.71. The zero-order chi connectivity index (χ0) is 23.0. The van der Waals surface area contributed by atoms with Crippen LogP contribution in [0.1, 0.15) is 24.4 Å². The Labute approximate surface area is 186 Å². The number of β-lactam (4-membered cyclic amide) rings is 1. The van der Waals surface area contributed by atoms with Crippen LogP contribution in [0.4, 0.5) is 5.69 Å². The minimum absolute atomic E-state index is 0.0562. The molecule has 0 spiro atoms. The molecule has 0 bridgehead atoms. The Kier molecular flexibility index (Phi) is 5.69. The molecule has 2 aliphatic rings. The van der Waals surface area contributed by atoms with Crippen LogP contribution in [-0.4, -0.2) is 40.3 Å². The fourth-order valence-corrected chi connectivity index (χ4v) is 3.76. The summed E-state index contributed by atoms with van der Waals surface area (Å²) in [5.74, 6) is 1.50. The van der Waals surface area contributed by atoms with E-state index < -0.39 is 6.04 Å². The van der Waals surface area contributed by atoms with Crippen molar-refractivity contribution >= 4 is 17.6 Å². The molecule has 1 unspecified atom stereocenters. The molecule has 1 saturated heterocycles. The molecule has 1 saturated carbocycles. The number of carbonyl (C=O) groups is 2. The minimum Gasteiger partial charge on any atom is -0.493 e. The number of hydrogen-bond donors (Lipinski definition) is 0. The number of carbonyl (C=O) groups excluding carboxylic acids is 2. The molecule has 8 heteroatoms. The summed E-state index contributed by atoms with van der Waals surface area (Å²) >= 11 is 0. The third kappa shape index (κ3) is 3.62. The maximum atomic E-state index is 12.8. The van der Waals surface area contributed by atoms with Gasteiger partial charge in [-0.25, -0.2) is 0 Å². The van der Waals surface area contributed by atoms with E-state index in [1.165, 1.54) is 28.4 Å². The number of benzene rings is 2. The van der Waals surface area contributed by atoms with E-state index in [9.17, 15) is 9.59 Å². The van der Waals surface area contributed by atoms with Gasteiger partial charge in [0.25, 0.3) is 5.91 Å². The zero-order valence-corrected chi connectivity index (χ0v) is 18.5. The molecule has 1 atom stereocenters. The van der Waals surface area contributed by atoms with Gasteiger partial charge < -0.3 is 23.7 Å². The van der Waals surface area contributed by atoms with Gasteiger partial charge in [-0.05, 0) is 30.5 Å². The van der Waals surface area contributed by atoms with E-state index in [1.54, 1.807) is 29.2 Å². The van der Waals surface area contributed by atoms with E-state index in [0.717, 1.165) is 18.4 Å². The maximum absolute atomic E-state index is 12.8. The average molecular weight is 439 g/mol. The third-order valence-electron chi connectivity index (χ3n) is 5.63. The molecule has 2 aromatic carbocycles. The molecule has 8 nitrogen and oxygen atoms in total. The van der Waals surface area contributed by atoms with Crippen molar-refractivity contribution in [2.45, 2.75) is 18.9 Å². The second kappa shape index (κ2) is 8.45. The number of hydrogen-bond acceptors (Lipinski definition) is 7. The first-order valence-corrected chi connectivity index (χ1v) is 10.2. The highest BCUT2D eigenvalue weighted by molar-refractivity contribution is 6.15. The van der Waals surface area contributed by atoms with E-state index in [2.05, 4.69) is 6.58 Å². The lowest BCUT2D eigenvalue weighted by Gasteiger charge is -2.42. The van der Waals surface area contributed by atoms with Crippen molar-refractivity contribution in [3.63, 3.8) is 0 Å². The molecule has 0 aromatic heterocycles. The molecule has 0 radical (unpaired) electrons. The molecule has 1 amide bonds. The molecule has 4 rings (SSSR count). The highest BCUT2D eigenvalue weighted by Gasteiger charge is 2.43. The van der Waals surface area contributed by atoms with Crippen LogP contribution in [0.2, 0.25) is 0 Å².